The van der Waals surface area contributed by atoms with Crippen molar-refractivity contribution >= 4 is 5.69 Å². The van der Waals surface area contributed by atoms with E-state index in [1.54, 1.807) is 6.07 Å². The molecule has 0 saturated carbocycles. The Balaban J connectivity index is 2.46. The van der Waals surface area contributed by atoms with Crippen LogP contribution >= 0.6 is 0 Å². The second-order valence-electron chi connectivity index (χ2n) is 4.14. The Morgan fingerprint density at radius 3 is 2.94 bits per heavy atom. The monoisotopic (exact) mass is 222 g/mol. The number of aryl methyl sites for hydroxylation is 1. The van der Waals surface area contributed by atoms with E-state index in [2.05, 4.69) is 0 Å². The highest BCUT2D eigenvalue weighted by Crippen LogP contribution is 2.30. The van der Waals surface area contributed by atoms with E-state index in [0.29, 0.717) is 5.56 Å². The lowest BCUT2D eigenvalue weighted by Gasteiger charge is -2.17. The third kappa shape index (κ3) is 1.91. The molecule has 0 fully saturated rings. The highest BCUT2D eigenvalue weighted by Gasteiger charge is 2.24. The fourth-order valence-electron chi connectivity index (χ4n) is 2.12. The number of nitro benzene ring substituents is 1. The second kappa shape index (κ2) is 4.19. The Morgan fingerprint density at radius 2 is 2.25 bits per heavy atom. The first-order chi connectivity index (χ1) is 7.59. The molecule has 0 amide bonds. The van der Waals surface area contributed by atoms with Gasteiger partial charge in [0.05, 0.1) is 11.0 Å². The first kappa shape index (κ1) is 11.0. The summed E-state index contributed by atoms with van der Waals surface area (Å²) in [4.78, 5) is 10.2. The molecular formula is C11H14N2O3. The molecule has 2 atom stereocenters. The van der Waals surface area contributed by atoms with Crippen molar-refractivity contribution in [1.29, 1.82) is 0 Å². The van der Waals surface area contributed by atoms with Gasteiger partial charge < -0.3 is 10.8 Å². The molecule has 2 rings (SSSR count). The number of rotatable bonds is 1. The van der Waals surface area contributed by atoms with E-state index in [1.807, 2.05) is 0 Å². The van der Waals surface area contributed by atoms with Crippen molar-refractivity contribution in [2.75, 3.05) is 0 Å². The number of nitrogens with two attached hydrogens (primary N) is 1. The SMILES string of the molecule is N[C@@H]1CCCc2ccc([N+](=O)[O-])cc2[C@@H]1O. The standard InChI is InChI=1S/C11H14N2O3/c12-10-3-1-2-7-4-5-8(13(15)16)6-9(7)11(10)14/h4-6,10-11,14H,1-3,12H2/t10-,11+/m1/s1. The minimum atomic E-state index is -0.794. The zero-order chi connectivity index (χ0) is 11.7. The molecule has 3 N–H and O–H groups in total. The summed E-state index contributed by atoms with van der Waals surface area (Å²) in [5.74, 6) is 0. The smallest absolute Gasteiger partial charge is 0.269 e. The lowest BCUT2D eigenvalue weighted by atomic mass is 9.98. The summed E-state index contributed by atoms with van der Waals surface area (Å²) < 4.78 is 0. The molecule has 86 valence electrons. The topological polar surface area (TPSA) is 89.4 Å². The summed E-state index contributed by atoms with van der Waals surface area (Å²) in [6.45, 7) is 0. The molecule has 0 radical (unpaired) electrons. The maximum atomic E-state index is 10.7. The van der Waals surface area contributed by atoms with E-state index in [-0.39, 0.29) is 11.7 Å². The molecule has 0 spiro atoms. The van der Waals surface area contributed by atoms with Gasteiger partial charge in [0, 0.05) is 18.2 Å². The summed E-state index contributed by atoms with van der Waals surface area (Å²) in [5.41, 5.74) is 7.38. The number of benzene rings is 1. The Hall–Kier alpha value is -1.46. The van der Waals surface area contributed by atoms with Gasteiger partial charge in [0.25, 0.3) is 5.69 Å². The zero-order valence-electron chi connectivity index (χ0n) is 8.80. The number of nitrogens with zero attached hydrogens (tertiary/aromatic N) is 1. The molecule has 0 saturated heterocycles. The average molecular weight is 222 g/mol. The summed E-state index contributed by atoms with van der Waals surface area (Å²) in [6.07, 6.45) is 1.67. The lowest BCUT2D eigenvalue weighted by molar-refractivity contribution is -0.385. The van der Waals surface area contributed by atoms with Crippen molar-refractivity contribution in [2.45, 2.75) is 31.4 Å². The highest BCUT2D eigenvalue weighted by atomic mass is 16.6. The van der Waals surface area contributed by atoms with Crippen molar-refractivity contribution in [3.05, 3.63) is 39.4 Å². The van der Waals surface area contributed by atoms with Crippen LogP contribution in [0, 0.1) is 10.1 Å². The molecule has 16 heavy (non-hydrogen) atoms. The quantitative estimate of drug-likeness (QED) is 0.425. The third-order valence-electron chi connectivity index (χ3n) is 3.05. The molecule has 0 unspecified atom stereocenters. The number of hydrogen-bond donors (Lipinski definition) is 2. The van der Waals surface area contributed by atoms with Crippen LogP contribution in [0.5, 0.6) is 0 Å². The lowest BCUT2D eigenvalue weighted by Crippen LogP contribution is -2.27. The van der Waals surface area contributed by atoms with Gasteiger partial charge in [0.1, 0.15) is 0 Å². The van der Waals surface area contributed by atoms with Crippen molar-refractivity contribution in [3.8, 4) is 0 Å². The predicted octanol–water partition coefficient (Wildman–Crippen LogP) is 1.29. The number of fused-ring (bicyclic) bond motifs is 1. The largest absolute Gasteiger partial charge is 0.387 e. The predicted molar refractivity (Wildman–Crippen MR) is 59.0 cm³/mol. The van der Waals surface area contributed by atoms with E-state index < -0.39 is 11.0 Å². The first-order valence-electron chi connectivity index (χ1n) is 5.30. The van der Waals surface area contributed by atoms with Crippen LogP contribution in [0.25, 0.3) is 0 Å². The summed E-state index contributed by atoms with van der Waals surface area (Å²) in [6, 6.07) is 4.30. The Kier molecular flexibility index (Phi) is 2.89. The Bertz CT molecular complexity index is 420. The van der Waals surface area contributed by atoms with Gasteiger partial charge in [-0.2, -0.15) is 0 Å². The molecule has 1 aromatic rings. The molecule has 0 heterocycles. The van der Waals surface area contributed by atoms with Crippen molar-refractivity contribution in [2.24, 2.45) is 5.73 Å². The van der Waals surface area contributed by atoms with Crippen LogP contribution in [0.2, 0.25) is 0 Å². The summed E-state index contributed by atoms with van der Waals surface area (Å²) in [7, 11) is 0. The molecule has 1 aromatic carbocycles. The second-order valence-corrected chi connectivity index (χ2v) is 4.14. The maximum absolute atomic E-state index is 10.7. The third-order valence-corrected chi connectivity index (χ3v) is 3.05. The molecule has 0 aromatic heterocycles. The first-order valence-corrected chi connectivity index (χ1v) is 5.30. The zero-order valence-corrected chi connectivity index (χ0v) is 8.80. The van der Waals surface area contributed by atoms with Crippen molar-refractivity contribution < 1.29 is 10.0 Å². The van der Waals surface area contributed by atoms with E-state index in [9.17, 15) is 15.2 Å². The number of hydrogen-bond acceptors (Lipinski definition) is 4. The van der Waals surface area contributed by atoms with Gasteiger partial charge in [-0.3, -0.25) is 10.1 Å². The van der Waals surface area contributed by atoms with Gasteiger partial charge in [0.2, 0.25) is 0 Å². The molecule has 0 aliphatic heterocycles. The molecular weight excluding hydrogens is 208 g/mol. The van der Waals surface area contributed by atoms with Gasteiger partial charge in [-0.15, -0.1) is 0 Å². The van der Waals surface area contributed by atoms with E-state index in [1.165, 1.54) is 12.1 Å². The molecule has 1 aliphatic rings. The Morgan fingerprint density at radius 1 is 1.50 bits per heavy atom. The molecule has 0 bridgehead atoms. The fraction of sp³-hybridized carbons (Fsp3) is 0.455. The van der Waals surface area contributed by atoms with Gasteiger partial charge in [0.15, 0.2) is 0 Å². The van der Waals surface area contributed by atoms with E-state index >= 15 is 0 Å². The number of non-ortho nitro benzene ring substituents is 1. The van der Waals surface area contributed by atoms with Gasteiger partial charge in [-0.1, -0.05) is 6.07 Å². The normalized spacial score (nSPS) is 24.6. The van der Waals surface area contributed by atoms with Crippen LogP contribution in [-0.2, 0) is 6.42 Å². The van der Waals surface area contributed by atoms with Crippen LogP contribution in [0.15, 0.2) is 18.2 Å². The van der Waals surface area contributed by atoms with Crippen LogP contribution in [-0.4, -0.2) is 16.1 Å². The summed E-state index contributed by atoms with van der Waals surface area (Å²) in [5, 5.41) is 20.6. The minimum absolute atomic E-state index is 0.00639. The van der Waals surface area contributed by atoms with Crippen LogP contribution in [0.3, 0.4) is 0 Å². The molecule has 5 heteroatoms. The molecule has 5 nitrogen and oxygen atoms in total. The van der Waals surface area contributed by atoms with Crippen molar-refractivity contribution in [3.63, 3.8) is 0 Å². The van der Waals surface area contributed by atoms with Crippen LogP contribution in [0.1, 0.15) is 30.1 Å². The number of aliphatic hydroxyl groups is 1. The van der Waals surface area contributed by atoms with Crippen molar-refractivity contribution in [1.82, 2.24) is 0 Å². The number of aliphatic hydroxyl groups excluding tert-OH is 1. The fourth-order valence-corrected chi connectivity index (χ4v) is 2.12. The maximum Gasteiger partial charge on any atom is 0.269 e. The van der Waals surface area contributed by atoms with Crippen LogP contribution in [0.4, 0.5) is 5.69 Å². The minimum Gasteiger partial charge on any atom is -0.387 e. The van der Waals surface area contributed by atoms with E-state index in [4.69, 9.17) is 5.73 Å². The van der Waals surface area contributed by atoms with Gasteiger partial charge >= 0.3 is 0 Å². The van der Waals surface area contributed by atoms with Gasteiger partial charge in [-0.25, -0.2) is 0 Å². The average Bonchev–Trinajstić information content (AvgIpc) is 2.40. The molecule has 1 aliphatic carbocycles. The Labute approximate surface area is 93.0 Å². The van der Waals surface area contributed by atoms with Crippen LogP contribution < -0.4 is 5.73 Å². The summed E-state index contributed by atoms with van der Waals surface area (Å²) >= 11 is 0. The number of nitro groups is 1. The van der Waals surface area contributed by atoms with E-state index in [0.717, 1.165) is 24.8 Å². The highest BCUT2D eigenvalue weighted by molar-refractivity contribution is 5.42. The van der Waals surface area contributed by atoms with Gasteiger partial charge in [-0.05, 0) is 30.4 Å².